The topological polar surface area (TPSA) is 17.8 Å². The SMILES string of the molecule is Cc1nc(C)c2c(ccn2C)c1C. The molecule has 0 aliphatic heterocycles. The third-order valence-electron chi connectivity index (χ3n) is 2.70. The fourth-order valence-corrected chi connectivity index (χ4v) is 1.87. The lowest BCUT2D eigenvalue weighted by Crippen LogP contribution is -1.95. The molecule has 0 amide bonds. The van der Waals surface area contributed by atoms with Crippen LogP contribution in [0.2, 0.25) is 0 Å². The Hall–Kier alpha value is -1.31. The Bertz CT molecular complexity index is 466. The Kier molecular flexibility index (Phi) is 1.65. The van der Waals surface area contributed by atoms with E-state index in [0.29, 0.717) is 0 Å². The summed E-state index contributed by atoms with van der Waals surface area (Å²) in [5.41, 5.74) is 4.80. The van der Waals surface area contributed by atoms with E-state index in [1.165, 1.54) is 16.5 Å². The van der Waals surface area contributed by atoms with Crippen LogP contribution in [0.25, 0.3) is 10.9 Å². The smallest absolute Gasteiger partial charge is 0.0696 e. The van der Waals surface area contributed by atoms with Gasteiger partial charge < -0.3 is 4.57 Å². The second-order valence-corrected chi connectivity index (χ2v) is 3.60. The van der Waals surface area contributed by atoms with E-state index in [9.17, 15) is 0 Å². The van der Waals surface area contributed by atoms with Crippen LogP contribution in [-0.4, -0.2) is 9.55 Å². The van der Waals surface area contributed by atoms with Gasteiger partial charge in [-0.25, -0.2) is 0 Å². The molecule has 2 aromatic heterocycles. The van der Waals surface area contributed by atoms with Crippen LogP contribution in [0.1, 0.15) is 17.0 Å². The first-order valence-electron chi connectivity index (χ1n) is 4.50. The number of pyridine rings is 1. The van der Waals surface area contributed by atoms with E-state index in [0.717, 1.165) is 11.4 Å². The van der Waals surface area contributed by atoms with Gasteiger partial charge in [-0.3, -0.25) is 4.98 Å². The molecule has 0 radical (unpaired) electrons. The molecule has 0 bridgehead atoms. The fourth-order valence-electron chi connectivity index (χ4n) is 1.87. The van der Waals surface area contributed by atoms with Crippen molar-refractivity contribution in [3.05, 3.63) is 29.2 Å². The highest BCUT2D eigenvalue weighted by molar-refractivity contribution is 5.85. The Morgan fingerprint density at radius 1 is 1.15 bits per heavy atom. The molecule has 0 saturated heterocycles. The quantitative estimate of drug-likeness (QED) is 0.600. The number of fused-ring (bicyclic) bond motifs is 1. The van der Waals surface area contributed by atoms with Crippen LogP contribution in [-0.2, 0) is 7.05 Å². The van der Waals surface area contributed by atoms with Crippen molar-refractivity contribution in [1.29, 1.82) is 0 Å². The second kappa shape index (κ2) is 2.59. The third kappa shape index (κ3) is 1.05. The number of hydrogen-bond acceptors (Lipinski definition) is 1. The number of hydrogen-bond donors (Lipinski definition) is 0. The average Bonchev–Trinajstić information content (AvgIpc) is 2.44. The lowest BCUT2D eigenvalue weighted by molar-refractivity contribution is 0.951. The zero-order valence-corrected chi connectivity index (χ0v) is 8.55. The molecule has 0 atom stereocenters. The maximum absolute atomic E-state index is 4.51. The molecular formula is C11H14N2. The molecule has 0 aromatic carbocycles. The molecule has 0 aliphatic carbocycles. The molecule has 2 rings (SSSR count). The van der Waals surface area contributed by atoms with Crippen molar-refractivity contribution < 1.29 is 0 Å². The second-order valence-electron chi connectivity index (χ2n) is 3.60. The van der Waals surface area contributed by atoms with Gasteiger partial charge in [-0.1, -0.05) is 0 Å². The largest absolute Gasteiger partial charge is 0.349 e. The van der Waals surface area contributed by atoms with Gasteiger partial charge >= 0.3 is 0 Å². The van der Waals surface area contributed by atoms with Gasteiger partial charge in [0.15, 0.2) is 0 Å². The Balaban J connectivity index is 2.99. The minimum atomic E-state index is 1.12. The average molecular weight is 174 g/mol. The number of aromatic nitrogens is 2. The summed E-state index contributed by atoms with van der Waals surface area (Å²) in [5, 5.41) is 1.33. The molecule has 0 unspecified atom stereocenters. The van der Waals surface area contributed by atoms with E-state index >= 15 is 0 Å². The maximum atomic E-state index is 4.51. The summed E-state index contributed by atoms with van der Waals surface area (Å²) in [6, 6.07) is 2.16. The van der Waals surface area contributed by atoms with E-state index < -0.39 is 0 Å². The van der Waals surface area contributed by atoms with Gasteiger partial charge in [0.2, 0.25) is 0 Å². The predicted molar refractivity (Wildman–Crippen MR) is 54.9 cm³/mol. The molecule has 0 fully saturated rings. The van der Waals surface area contributed by atoms with E-state index in [-0.39, 0.29) is 0 Å². The maximum Gasteiger partial charge on any atom is 0.0696 e. The Morgan fingerprint density at radius 3 is 2.54 bits per heavy atom. The van der Waals surface area contributed by atoms with Crippen LogP contribution in [0.4, 0.5) is 0 Å². The van der Waals surface area contributed by atoms with Crippen LogP contribution in [0.3, 0.4) is 0 Å². The predicted octanol–water partition coefficient (Wildman–Crippen LogP) is 2.50. The molecule has 0 aliphatic rings. The highest BCUT2D eigenvalue weighted by atomic mass is 14.9. The van der Waals surface area contributed by atoms with Gasteiger partial charge in [0.25, 0.3) is 0 Å². The normalized spacial score (nSPS) is 11.1. The highest BCUT2D eigenvalue weighted by Gasteiger charge is 2.07. The molecular weight excluding hydrogens is 160 g/mol. The molecule has 68 valence electrons. The Morgan fingerprint density at radius 2 is 1.85 bits per heavy atom. The van der Waals surface area contributed by atoms with Crippen LogP contribution in [0.5, 0.6) is 0 Å². The lowest BCUT2D eigenvalue weighted by Gasteiger charge is -2.05. The molecule has 0 spiro atoms. The fraction of sp³-hybridized carbons (Fsp3) is 0.364. The molecule has 2 aromatic rings. The van der Waals surface area contributed by atoms with Crippen molar-refractivity contribution in [2.75, 3.05) is 0 Å². The highest BCUT2D eigenvalue weighted by Crippen LogP contribution is 2.22. The number of rotatable bonds is 0. The van der Waals surface area contributed by atoms with E-state index in [4.69, 9.17) is 0 Å². The molecule has 2 heterocycles. The summed E-state index contributed by atoms with van der Waals surface area (Å²) in [6.45, 7) is 6.26. The third-order valence-corrected chi connectivity index (χ3v) is 2.70. The molecule has 0 saturated carbocycles. The van der Waals surface area contributed by atoms with E-state index in [2.05, 4.69) is 49.6 Å². The van der Waals surface area contributed by atoms with Crippen LogP contribution in [0.15, 0.2) is 12.3 Å². The molecule has 13 heavy (non-hydrogen) atoms. The molecule has 2 nitrogen and oxygen atoms in total. The molecule has 0 N–H and O–H groups in total. The minimum Gasteiger partial charge on any atom is -0.349 e. The van der Waals surface area contributed by atoms with Crippen molar-refractivity contribution in [2.45, 2.75) is 20.8 Å². The van der Waals surface area contributed by atoms with Gasteiger partial charge in [0, 0.05) is 24.3 Å². The van der Waals surface area contributed by atoms with Gasteiger partial charge in [0.1, 0.15) is 0 Å². The number of aryl methyl sites for hydroxylation is 4. The van der Waals surface area contributed by atoms with E-state index in [1.54, 1.807) is 0 Å². The van der Waals surface area contributed by atoms with Crippen molar-refractivity contribution in [2.24, 2.45) is 7.05 Å². The first-order chi connectivity index (χ1) is 6.11. The van der Waals surface area contributed by atoms with Crippen molar-refractivity contribution >= 4 is 10.9 Å². The van der Waals surface area contributed by atoms with Crippen molar-refractivity contribution in [1.82, 2.24) is 9.55 Å². The first kappa shape index (κ1) is 8.30. The van der Waals surface area contributed by atoms with Gasteiger partial charge in [0.05, 0.1) is 11.2 Å². The van der Waals surface area contributed by atoms with Crippen molar-refractivity contribution in [3.8, 4) is 0 Å². The zero-order chi connectivity index (χ0) is 9.59. The van der Waals surface area contributed by atoms with Gasteiger partial charge in [-0.05, 0) is 32.4 Å². The summed E-state index contributed by atoms with van der Waals surface area (Å²) >= 11 is 0. The van der Waals surface area contributed by atoms with Gasteiger partial charge in [-0.2, -0.15) is 0 Å². The summed E-state index contributed by atoms with van der Waals surface area (Å²) in [5.74, 6) is 0. The monoisotopic (exact) mass is 174 g/mol. The lowest BCUT2D eigenvalue weighted by atomic mass is 10.1. The summed E-state index contributed by atoms with van der Waals surface area (Å²) in [6.07, 6.45) is 2.09. The summed E-state index contributed by atoms with van der Waals surface area (Å²) < 4.78 is 2.13. The minimum absolute atomic E-state index is 1.12. The summed E-state index contributed by atoms with van der Waals surface area (Å²) in [4.78, 5) is 4.51. The van der Waals surface area contributed by atoms with Crippen LogP contribution < -0.4 is 0 Å². The van der Waals surface area contributed by atoms with E-state index in [1.807, 2.05) is 0 Å². The zero-order valence-electron chi connectivity index (χ0n) is 8.55. The Labute approximate surface area is 78.2 Å². The number of nitrogens with zero attached hydrogens (tertiary/aromatic N) is 2. The van der Waals surface area contributed by atoms with Gasteiger partial charge in [-0.15, -0.1) is 0 Å². The molecule has 2 heteroatoms. The van der Waals surface area contributed by atoms with Crippen LogP contribution >= 0.6 is 0 Å². The standard InChI is InChI=1S/C11H14N2/c1-7-8(2)12-9(3)11-10(7)5-6-13(11)4/h5-6H,1-4H3. The summed E-state index contributed by atoms with van der Waals surface area (Å²) in [7, 11) is 2.06. The van der Waals surface area contributed by atoms with Crippen molar-refractivity contribution in [3.63, 3.8) is 0 Å². The van der Waals surface area contributed by atoms with Crippen LogP contribution in [0, 0.1) is 20.8 Å². The first-order valence-corrected chi connectivity index (χ1v) is 4.50.